The highest BCUT2D eigenvalue weighted by atomic mass is 32.1. The first-order valence-electron chi connectivity index (χ1n) is 11.1. The molecule has 0 aliphatic carbocycles. The average molecular weight is 498 g/mol. The Kier molecular flexibility index (Phi) is 6.54. The summed E-state index contributed by atoms with van der Waals surface area (Å²) in [5.41, 5.74) is 1.89. The third-order valence-electron chi connectivity index (χ3n) is 6.35. The number of aromatic nitrogens is 1. The Morgan fingerprint density at radius 1 is 0.943 bits per heavy atom. The molecule has 3 aromatic carbocycles. The van der Waals surface area contributed by atoms with Crippen molar-refractivity contribution in [2.45, 2.75) is 36.9 Å². The van der Waals surface area contributed by atoms with Crippen LogP contribution in [0.15, 0.2) is 60.8 Å². The highest BCUT2D eigenvalue weighted by Crippen LogP contribution is 2.41. The first kappa shape index (κ1) is 23.8. The summed E-state index contributed by atoms with van der Waals surface area (Å²) in [4.78, 5) is 5.32. The molecule has 7 nitrogen and oxygen atoms in total. The van der Waals surface area contributed by atoms with E-state index in [1.165, 1.54) is 23.5 Å². The molecule has 1 saturated heterocycles. The minimum atomic E-state index is -1.51. The van der Waals surface area contributed by atoms with Crippen molar-refractivity contribution in [1.82, 2.24) is 4.98 Å². The molecule has 2 heterocycles. The monoisotopic (exact) mass is 497 g/mol. The third kappa shape index (κ3) is 4.42. The molecular weight excluding hydrogens is 473 g/mol. The number of fused-ring (bicyclic) bond motifs is 1. The number of aromatic hydroxyl groups is 1. The van der Waals surface area contributed by atoms with E-state index in [0.717, 1.165) is 15.4 Å². The molecule has 0 amide bonds. The molecule has 1 aliphatic rings. The van der Waals surface area contributed by atoms with E-state index < -0.39 is 37.1 Å². The number of phenolic OH excluding ortho intramolecular Hbond substituents is 1. The zero-order valence-electron chi connectivity index (χ0n) is 18.5. The lowest BCUT2D eigenvalue weighted by Crippen LogP contribution is -2.55. The summed E-state index contributed by atoms with van der Waals surface area (Å²) < 4.78 is 19.1. The maximum absolute atomic E-state index is 13.3. The van der Waals surface area contributed by atoms with Gasteiger partial charge in [-0.2, -0.15) is 0 Å². The predicted molar refractivity (Wildman–Crippen MR) is 129 cm³/mol. The number of phenols is 1. The highest BCUT2D eigenvalue weighted by Gasteiger charge is 2.44. The molecule has 0 radical (unpaired) electrons. The molecule has 1 fully saturated rings. The summed E-state index contributed by atoms with van der Waals surface area (Å²) in [6.07, 6.45) is -4.53. The average Bonchev–Trinajstić information content (AvgIpc) is 3.34. The van der Waals surface area contributed by atoms with Crippen LogP contribution in [0.2, 0.25) is 0 Å². The second kappa shape index (κ2) is 9.62. The first-order chi connectivity index (χ1) is 16.9. The number of hydrogen-bond donors (Lipinski definition) is 5. The van der Waals surface area contributed by atoms with E-state index in [4.69, 9.17) is 4.74 Å². The largest absolute Gasteiger partial charge is 0.507 e. The summed E-state index contributed by atoms with van der Waals surface area (Å²) in [5, 5.41) is 53.7. The van der Waals surface area contributed by atoms with E-state index in [1.807, 2.05) is 0 Å². The van der Waals surface area contributed by atoms with Crippen LogP contribution in [0.25, 0.3) is 21.2 Å². The van der Waals surface area contributed by atoms with Crippen LogP contribution in [0.3, 0.4) is 0 Å². The molecule has 1 aromatic heterocycles. The SMILES string of the molecule is OC[C@H]1O[C@@H](c2cc(Cc3ncc(-c4ccc(F)cc4)s3)c(O)c3ccccc23)[C@H](O)[C@@H](O)[C@@H]1O. The van der Waals surface area contributed by atoms with Gasteiger partial charge in [0.25, 0.3) is 0 Å². The molecule has 0 unspecified atom stereocenters. The minimum Gasteiger partial charge on any atom is -0.507 e. The Labute approximate surface area is 204 Å². The van der Waals surface area contributed by atoms with E-state index in [-0.39, 0.29) is 18.0 Å². The van der Waals surface area contributed by atoms with Gasteiger partial charge < -0.3 is 30.3 Å². The number of halogens is 1. The molecular formula is C26H24FNO6S. The van der Waals surface area contributed by atoms with Crippen molar-refractivity contribution in [2.24, 2.45) is 0 Å². The number of thiazole rings is 1. The van der Waals surface area contributed by atoms with Crippen LogP contribution in [-0.4, -0.2) is 61.5 Å². The van der Waals surface area contributed by atoms with Gasteiger partial charge in [-0.15, -0.1) is 11.3 Å². The fourth-order valence-electron chi connectivity index (χ4n) is 4.48. The van der Waals surface area contributed by atoms with Gasteiger partial charge in [0.05, 0.1) is 16.5 Å². The van der Waals surface area contributed by atoms with Gasteiger partial charge in [-0.1, -0.05) is 36.4 Å². The van der Waals surface area contributed by atoms with Crippen molar-refractivity contribution in [3.05, 3.63) is 82.7 Å². The highest BCUT2D eigenvalue weighted by molar-refractivity contribution is 7.15. The van der Waals surface area contributed by atoms with Crippen molar-refractivity contribution < 1.29 is 34.7 Å². The third-order valence-corrected chi connectivity index (χ3v) is 7.40. The van der Waals surface area contributed by atoms with Crippen LogP contribution in [0.1, 0.15) is 22.2 Å². The van der Waals surface area contributed by atoms with Crippen molar-refractivity contribution in [3.63, 3.8) is 0 Å². The van der Waals surface area contributed by atoms with E-state index in [1.54, 1.807) is 48.7 Å². The van der Waals surface area contributed by atoms with Crippen molar-refractivity contribution in [2.75, 3.05) is 6.61 Å². The fraction of sp³-hybridized carbons (Fsp3) is 0.269. The molecule has 0 bridgehead atoms. The predicted octanol–water partition coefficient (Wildman–Crippen LogP) is 2.91. The molecule has 5 atom stereocenters. The topological polar surface area (TPSA) is 123 Å². The van der Waals surface area contributed by atoms with Crippen LogP contribution in [0, 0.1) is 5.82 Å². The molecule has 0 saturated carbocycles. The number of aliphatic hydroxyl groups is 4. The van der Waals surface area contributed by atoms with Gasteiger partial charge in [0.2, 0.25) is 0 Å². The second-order valence-electron chi connectivity index (χ2n) is 8.57. The molecule has 9 heteroatoms. The summed E-state index contributed by atoms with van der Waals surface area (Å²) in [6.45, 7) is -0.532. The molecule has 5 rings (SSSR count). The van der Waals surface area contributed by atoms with Gasteiger partial charge >= 0.3 is 0 Å². The summed E-state index contributed by atoms with van der Waals surface area (Å²) >= 11 is 1.42. The normalized spacial score (nSPS) is 24.7. The van der Waals surface area contributed by atoms with Gasteiger partial charge in [-0.05, 0) is 34.7 Å². The number of rotatable bonds is 5. The molecule has 4 aromatic rings. The Morgan fingerprint density at radius 3 is 2.37 bits per heavy atom. The van der Waals surface area contributed by atoms with Gasteiger partial charge in [0, 0.05) is 23.6 Å². The smallest absolute Gasteiger partial charge is 0.127 e. The minimum absolute atomic E-state index is 0.0625. The molecule has 182 valence electrons. The summed E-state index contributed by atoms with van der Waals surface area (Å²) in [7, 11) is 0. The van der Waals surface area contributed by atoms with Crippen LogP contribution in [-0.2, 0) is 11.2 Å². The Bertz CT molecular complexity index is 1340. The molecule has 0 spiro atoms. The zero-order chi connectivity index (χ0) is 24.7. The Balaban J connectivity index is 1.54. The van der Waals surface area contributed by atoms with Gasteiger partial charge in [-0.3, -0.25) is 0 Å². The van der Waals surface area contributed by atoms with Gasteiger partial charge in [0.1, 0.15) is 42.1 Å². The van der Waals surface area contributed by atoms with E-state index in [0.29, 0.717) is 21.9 Å². The number of aliphatic hydroxyl groups excluding tert-OH is 4. The first-order valence-corrected chi connectivity index (χ1v) is 11.9. The van der Waals surface area contributed by atoms with E-state index in [9.17, 15) is 29.9 Å². The quantitative estimate of drug-likeness (QED) is 0.287. The molecule has 1 aliphatic heterocycles. The maximum atomic E-state index is 13.3. The van der Waals surface area contributed by atoms with Crippen LogP contribution >= 0.6 is 11.3 Å². The Hall–Kier alpha value is -2.92. The van der Waals surface area contributed by atoms with Crippen LogP contribution in [0.5, 0.6) is 5.75 Å². The number of ether oxygens (including phenoxy) is 1. The van der Waals surface area contributed by atoms with Crippen molar-refractivity contribution in [3.8, 4) is 16.2 Å². The standard InChI is InChI=1S/C26H24FNO6S/c27-15-7-5-13(6-8-15)20-11-28-21(35-20)10-14-9-18(16-3-1-2-4-17(16)22(14)30)26-25(33)24(32)23(31)19(12-29)34-26/h1-9,11,19,23-26,29-33H,10,12H2/t19-,23-,24+,25-,26+/m1/s1. The van der Waals surface area contributed by atoms with E-state index >= 15 is 0 Å². The van der Waals surface area contributed by atoms with Crippen molar-refractivity contribution in [1.29, 1.82) is 0 Å². The van der Waals surface area contributed by atoms with Crippen molar-refractivity contribution >= 4 is 22.1 Å². The zero-order valence-corrected chi connectivity index (χ0v) is 19.3. The lowest BCUT2D eigenvalue weighted by molar-refractivity contribution is -0.231. The van der Waals surface area contributed by atoms with Crippen LogP contribution in [0.4, 0.5) is 4.39 Å². The Morgan fingerprint density at radius 2 is 1.66 bits per heavy atom. The number of hydrogen-bond acceptors (Lipinski definition) is 8. The lowest BCUT2D eigenvalue weighted by Gasteiger charge is -2.40. The number of benzene rings is 3. The van der Waals surface area contributed by atoms with Crippen LogP contribution < -0.4 is 0 Å². The molecule has 5 N–H and O–H groups in total. The molecule has 35 heavy (non-hydrogen) atoms. The lowest BCUT2D eigenvalue weighted by atomic mass is 9.87. The second-order valence-corrected chi connectivity index (χ2v) is 9.69. The van der Waals surface area contributed by atoms with Gasteiger partial charge in [0.15, 0.2) is 0 Å². The number of nitrogens with zero attached hydrogens (tertiary/aromatic N) is 1. The van der Waals surface area contributed by atoms with E-state index in [2.05, 4.69) is 4.98 Å². The summed E-state index contributed by atoms with van der Waals surface area (Å²) in [6, 6.07) is 14.9. The summed E-state index contributed by atoms with van der Waals surface area (Å²) in [5.74, 6) is -0.257. The fourth-order valence-corrected chi connectivity index (χ4v) is 5.43. The maximum Gasteiger partial charge on any atom is 0.127 e. The van der Waals surface area contributed by atoms with Gasteiger partial charge in [-0.25, -0.2) is 9.37 Å².